The number of methoxy groups -OCH3 is 2. The molecule has 4 atom stereocenters. The van der Waals surface area contributed by atoms with Crippen LogP contribution in [-0.2, 0) is 64.8 Å². The summed E-state index contributed by atoms with van der Waals surface area (Å²) in [6.45, 7) is 7.67. The highest BCUT2D eigenvalue weighted by molar-refractivity contribution is 7.88. The highest BCUT2D eigenvalue weighted by atomic mass is 32.2. The van der Waals surface area contributed by atoms with Gasteiger partial charge in [-0.25, -0.2) is 36.4 Å². The Bertz CT molecular complexity index is 3220. The van der Waals surface area contributed by atoms with Crippen molar-refractivity contribution in [2.45, 2.75) is 77.5 Å². The average molecular weight is 1080 g/mol. The van der Waals surface area contributed by atoms with E-state index >= 15 is 0 Å². The van der Waals surface area contributed by atoms with E-state index in [2.05, 4.69) is 69.1 Å². The number of hydrogen-bond acceptors (Lipinski definition) is 12. The third-order valence-electron chi connectivity index (χ3n) is 14.9. The van der Waals surface area contributed by atoms with Crippen LogP contribution in [0.5, 0.6) is 0 Å². The number of ether oxygens (including phenoxy) is 2. The number of aryl methyl sites for hydroxylation is 4. The normalized spacial score (nSPS) is 18.7. The molecule has 4 bridgehead atoms. The molecule has 4 amide bonds. The third-order valence-corrected chi connectivity index (χ3v) is 17.5. The van der Waals surface area contributed by atoms with Gasteiger partial charge in [-0.05, 0) is 106 Å². The summed E-state index contributed by atoms with van der Waals surface area (Å²) in [7, 11) is -4.74. The van der Waals surface area contributed by atoms with Crippen LogP contribution in [-0.4, -0.2) is 157 Å². The lowest BCUT2D eigenvalue weighted by Crippen LogP contribution is -2.58. The maximum atomic E-state index is 14.2. The molecule has 2 aliphatic heterocycles. The Morgan fingerprint density at radius 3 is 1.32 bits per heavy atom. The molecule has 0 radical (unpaired) electrons. The van der Waals surface area contributed by atoms with Crippen molar-refractivity contribution < 1.29 is 45.5 Å². The van der Waals surface area contributed by atoms with Crippen LogP contribution in [0.4, 0.5) is 9.59 Å². The monoisotopic (exact) mass is 1080 g/mol. The summed E-state index contributed by atoms with van der Waals surface area (Å²) >= 11 is 0. The quantitative estimate of drug-likeness (QED) is 0.115. The standard InChI is InChI=1S/C54H66N10O10S2/c1-31(2)47(59-53(67)73-5)51(65)63-23-21-61(75(7,69)70)29-45(63)49-55-41-19-17-37(27-43(41)57-49)39-25-33-9-13-35(39)15-11-34-10-14-36(16-12-33)40(26-34)38-18-20-42-44(28-38)58-50(56-42)46-30-62(76(8,71)72)22-24-64(46)52(66)48(32(3)4)60-54(68)74-6/h9-10,13-14,17-20,25-28,31-32,45-48H,11-12,15-16,21-24,29-30H2,1-8H3,(H,55,57)(H,56,58)(H,59,67)(H,60,68). The fourth-order valence-corrected chi connectivity index (χ4v) is 12.3. The molecule has 404 valence electrons. The number of alkyl carbamates (subject to hydrolysis) is 2. The van der Waals surface area contributed by atoms with E-state index in [-0.39, 0.29) is 62.9 Å². The zero-order chi connectivity index (χ0) is 54.4. The Morgan fingerprint density at radius 1 is 0.566 bits per heavy atom. The molecule has 4 aromatic carbocycles. The van der Waals surface area contributed by atoms with Crippen molar-refractivity contribution in [3.63, 3.8) is 0 Å². The van der Waals surface area contributed by atoms with Gasteiger partial charge in [-0.1, -0.05) is 76.2 Å². The van der Waals surface area contributed by atoms with Gasteiger partial charge >= 0.3 is 12.2 Å². The van der Waals surface area contributed by atoms with Crippen molar-refractivity contribution in [3.05, 3.63) is 107 Å². The van der Waals surface area contributed by atoms with Crippen molar-refractivity contribution in [1.82, 2.24) is 49.0 Å². The number of aromatic amines is 2. The zero-order valence-corrected chi connectivity index (χ0v) is 45.7. The Kier molecular flexibility index (Phi) is 15.3. The molecular weight excluding hydrogens is 1010 g/mol. The first-order valence-corrected chi connectivity index (χ1v) is 29.2. The molecule has 4 N–H and O–H groups in total. The Hall–Kier alpha value is -6.88. The average Bonchev–Trinajstić information content (AvgIpc) is 4.10. The van der Waals surface area contributed by atoms with Crippen LogP contribution in [0.15, 0.2) is 72.8 Å². The third kappa shape index (κ3) is 11.3. The number of carbonyl (C=O) groups is 4. The van der Waals surface area contributed by atoms with Crippen molar-refractivity contribution in [2.24, 2.45) is 11.8 Å². The highest BCUT2D eigenvalue weighted by Crippen LogP contribution is 2.36. The van der Waals surface area contributed by atoms with Crippen LogP contribution in [0.25, 0.3) is 44.3 Å². The summed E-state index contributed by atoms with van der Waals surface area (Å²) in [6, 6.07) is 22.1. The number of piperazine rings is 2. The van der Waals surface area contributed by atoms with Gasteiger partial charge in [0.05, 0.1) is 48.8 Å². The maximum absolute atomic E-state index is 14.2. The largest absolute Gasteiger partial charge is 0.453 e. The minimum atomic E-state index is -3.60. The molecule has 4 aliphatic carbocycles. The minimum absolute atomic E-state index is 0.0108. The number of hydrogen-bond donors (Lipinski definition) is 4. The van der Waals surface area contributed by atoms with E-state index in [9.17, 15) is 36.0 Å². The molecule has 6 aromatic rings. The van der Waals surface area contributed by atoms with Gasteiger partial charge in [0.15, 0.2) is 0 Å². The smallest absolute Gasteiger partial charge is 0.407 e. The molecule has 0 spiro atoms. The number of carbonyl (C=O) groups excluding carboxylic acids is 4. The highest BCUT2D eigenvalue weighted by Gasteiger charge is 2.42. The Labute approximate surface area is 443 Å². The molecular formula is C54H66N10O10S2. The predicted octanol–water partition coefficient (Wildman–Crippen LogP) is 5.71. The van der Waals surface area contributed by atoms with E-state index in [0.717, 1.165) is 93.7 Å². The number of H-pyrrole nitrogens is 2. The molecule has 12 rings (SSSR count). The van der Waals surface area contributed by atoms with Crippen LogP contribution >= 0.6 is 0 Å². The van der Waals surface area contributed by atoms with Crippen LogP contribution in [0.1, 0.15) is 73.7 Å². The topological polar surface area (TPSA) is 249 Å². The molecule has 2 fully saturated rings. The van der Waals surface area contributed by atoms with Gasteiger partial charge < -0.3 is 39.9 Å². The molecule has 22 heteroatoms. The number of nitrogens with one attached hydrogen (secondary N) is 4. The van der Waals surface area contributed by atoms with Gasteiger partial charge in [-0.15, -0.1) is 0 Å². The lowest BCUT2D eigenvalue weighted by Gasteiger charge is -2.41. The first kappa shape index (κ1) is 53.9. The van der Waals surface area contributed by atoms with Gasteiger partial charge in [0.25, 0.3) is 0 Å². The number of fused-ring (bicyclic) bond motifs is 2. The lowest BCUT2D eigenvalue weighted by atomic mass is 9.87. The first-order valence-electron chi connectivity index (χ1n) is 25.5. The number of imidazole rings is 2. The number of aromatic nitrogens is 4. The van der Waals surface area contributed by atoms with Crippen LogP contribution in [0, 0.1) is 11.8 Å². The van der Waals surface area contributed by atoms with Gasteiger partial charge in [-0.2, -0.15) is 8.61 Å². The number of nitrogens with zero attached hydrogens (tertiary/aromatic N) is 6. The fourth-order valence-electron chi connectivity index (χ4n) is 10.7. The number of rotatable bonds is 12. The molecule has 76 heavy (non-hydrogen) atoms. The summed E-state index contributed by atoms with van der Waals surface area (Å²) in [5.41, 5.74) is 11.6. The Morgan fingerprint density at radius 2 is 0.961 bits per heavy atom. The molecule has 2 aromatic heterocycles. The summed E-state index contributed by atoms with van der Waals surface area (Å²) in [5.74, 6) is -0.408. The van der Waals surface area contributed by atoms with Crippen LogP contribution in [0.3, 0.4) is 0 Å². The van der Waals surface area contributed by atoms with Gasteiger partial charge in [0, 0.05) is 39.3 Å². The fraction of sp³-hybridized carbons (Fsp3) is 0.444. The van der Waals surface area contributed by atoms with Gasteiger partial charge in [-0.3, -0.25) is 9.59 Å². The van der Waals surface area contributed by atoms with Gasteiger partial charge in [0.2, 0.25) is 31.9 Å². The summed E-state index contributed by atoms with van der Waals surface area (Å²) in [4.78, 5) is 72.9. The van der Waals surface area contributed by atoms with E-state index in [0.29, 0.717) is 22.7 Å². The molecule has 0 saturated carbocycles. The number of benzene rings is 4. The summed E-state index contributed by atoms with van der Waals surface area (Å²) in [5, 5.41) is 5.32. The second-order valence-corrected chi connectivity index (χ2v) is 24.7. The predicted molar refractivity (Wildman–Crippen MR) is 288 cm³/mol. The number of sulfonamides is 2. The van der Waals surface area contributed by atoms with Crippen molar-refractivity contribution in [2.75, 3.05) is 66.0 Å². The first-order chi connectivity index (χ1) is 36.1. The van der Waals surface area contributed by atoms with E-state index in [1.165, 1.54) is 22.8 Å². The SMILES string of the molecule is COC(=O)NC(C(=O)N1CCN(S(C)(=O)=O)CC1c1nc2ccc(-c3cc4ccc3CCc3ccc(c(-c5ccc6nc(C7CN(S(C)(=O)=O)CCN7C(=O)C(NC(=O)OC)C(C)C)[nH]c6c5)c3)CC4)cc2[nH]1)C(C)C. The van der Waals surface area contributed by atoms with E-state index in [1.807, 2.05) is 52.0 Å². The summed E-state index contributed by atoms with van der Waals surface area (Å²) in [6.07, 6.45) is 3.83. The zero-order valence-electron chi connectivity index (χ0n) is 44.0. The number of amides is 4. The van der Waals surface area contributed by atoms with Crippen molar-refractivity contribution in [3.8, 4) is 22.3 Å². The second-order valence-electron chi connectivity index (χ2n) is 20.7. The molecule has 4 unspecified atom stereocenters. The van der Waals surface area contributed by atoms with Crippen molar-refractivity contribution >= 4 is 66.1 Å². The van der Waals surface area contributed by atoms with Gasteiger partial charge in [0.1, 0.15) is 35.8 Å². The van der Waals surface area contributed by atoms with E-state index < -0.39 is 56.4 Å². The summed E-state index contributed by atoms with van der Waals surface area (Å²) < 4.78 is 63.7. The molecule has 20 nitrogen and oxygen atoms in total. The van der Waals surface area contributed by atoms with Crippen molar-refractivity contribution in [1.29, 1.82) is 0 Å². The lowest BCUT2D eigenvalue weighted by molar-refractivity contribution is -0.139. The van der Waals surface area contributed by atoms with E-state index in [4.69, 9.17) is 19.4 Å². The maximum Gasteiger partial charge on any atom is 0.407 e. The van der Waals surface area contributed by atoms with Crippen LogP contribution in [0.2, 0.25) is 0 Å². The second kappa shape index (κ2) is 21.6. The minimum Gasteiger partial charge on any atom is -0.453 e. The molecule has 6 aliphatic rings. The van der Waals surface area contributed by atoms with Crippen LogP contribution < -0.4 is 10.6 Å². The Balaban J connectivity index is 0.984. The van der Waals surface area contributed by atoms with E-state index in [1.54, 1.807) is 9.80 Å². The molecule has 4 heterocycles. The molecule has 2 saturated heterocycles.